The second-order valence-corrected chi connectivity index (χ2v) is 6.48. The number of likely N-dealkylation sites (N-methyl/N-ethyl adjacent to an activating group) is 1. The van der Waals surface area contributed by atoms with Gasteiger partial charge in [0.25, 0.3) is 0 Å². The Bertz CT molecular complexity index is 305. The third kappa shape index (κ3) is 9.15. The number of ether oxygens (including phenoxy) is 1. The molecule has 1 saturated heterocycles. The lowest BCUT2D eigenvalue weighted by Gasteiger charge is -2.25. The van der Waals surface area contributed by atoms with Crippen molar-refractivity contribution < 1.29 is 4.74 Å². The van der Waals surface area contributed by atoms with Crippen LogP contribution < -0.4 is 10.6 Å². The van der Waals surface area contributed by atoms with E-state index in [9.17, 15) is 0 Å². The minimum absolute atomic E-state index is 0. The number of guanidine groups is 1. The van der Waals surface area contributed by atoms with Crippen LogP contribution >= 0.6 is 24.0 Å². The number of hydrogen-bond acceptors (Lipinski definition) is 3. The predicted molar refractivity (Wildman–Crippen MR) is 105 cm³/mol. The summed E-state index contributed by atoms with van der Waals surface area (Å²) in [5.74, 6) is 1.60. The van der Waals surface area contributed by atoms with Crippen LogP contribution in [-0.2, 0) is 4.74 Å². The molecule has 1 fully saturated rings. The molecule has 1 rings (SSSR count). The summed E-state index contributed by atoms with van der Waals surface area (Å²) in [6, 6.07) is 0.489. The highest BCUT2D eigenvalue weighted by Gasteiger charge is 2.16. The van der Waals surface area contributed by atoms with Crippen LogP contribution in [0.2, 0.25) is 0 Å². The molecule has 6 heteroatoms. The number of rotatable bonds is 8. The fourth-order valence-corrected chi connectivity index (χ4v) is 2.55. The highest BCUT2D eigenvalue weighted by Crippen LogP contribution is 2.11. The van der Waals surface area contributed by atoms with Crippen molar-refractivity contribution in [3.63, 3.8) is 0 Å². The van der Waals surface area contributed by atoms with E-state index in [0.717, 1.165) is 38.6 Å². The Hall–Kier alpha value is -0.0800. The van der Waals surface area contributed by atoms with Gasteiger partial charge < -0.3 is 20.3 Å². The highest BCUT2D eigenvalue weighted by molar-refractivity contribution is 14.0. The minimum Gasteiger partial charge on any atom is -0.376 e. The van der Waals surface area contributed by atoms with Crippen LogP contribution in [0, 0.1) is 5.92 Å². The Morgan fingerprint density at radius 1 is 1.32 bits per heavy atom. The fraction of sp³-hybridized carbons (Fsp3) is 0.938. The van der Waals surface area contributed by atoms with E-state index in [1.165, 1.54) is 12.8 Å². The molecule has 0 radical (unpaired) electrons. The van der Waals surface area contributed by atoms with Gasteiger partial charge >= 0.3 is 0 Å². The zero-order valence-corrected chi connectivity index (χ0v) is 17.2. The molecular formula is C16H35IN4O. The molecule has 2 atom stereocenters. The summed E-state index contributed by atoms with van der Waals surface area (Å²) in [5, 5.41) is 6.72. The maximum absolute atomic E-state index is 5.64. The van der Waals surface area contributed by atoms with E-state index in [-0.39, 0.29) is 24.0 Å². The Labute approximate surface area is 153 Å². The lowest BCUT2D eigenvalue weighted by atomic mass is 10.0. The first-order valence-electron chi connectivity index (χ1n) is 8.33. The summed E-state index contributed by atoms with van der Waals surface area (Å²) in [6.07, 6.45) is 3.84. The van der Waals surface area contributed by atoms with Gasteiger partial charge in [0.2, 0.25) is 0 Å². The zero-order chi connectivity index (χ0) is 15.7. The Morgan fingerprint density at radius 2 is 2.05 bits per heavy atom. The van der Waals surface area contributed by atoms with Crippen molar-refractivity contribution in [1.82, 2.24) is 15.5 Å². The van der Waals surface area contributed by atoms with Crippen molar-refractivity contribution in [3.8, 4) is 0 Å². The van der Waals surface area contributed by atoms with Crippen LogP contribution in [-0.4, -0.2) is 63.3 Å². The summed E-state index contributed by atoms with van der Waals surface area (Å²) in [6.45, 7) is 10.1. The Kier molecular flexibility index (Phi) is 12.3. The molecule has 0 saturated carbocycles. The van der Waals surface area contributed by atoms with Crippen molar-refractivity contribution in [2.24, 2.45) is 10.9 Å². The van der Waals surface area contributed by atoms with Crippen molar-refractivity contribution >= 4 is 29.9 Å². The van der Waals surface area contributed by atoms with Gasteiger partial charge in [-0.1, -0.05) is 13.8 Å². The standard InChI is InChI=1S/C16H34N4O.HI/c1-6-17-16(19-12-15-8-7-9-21-15)18-11-14(20(4)5)10-13(2)3;/h13-15H,6-12H2,1-5H3,(H2,17,18,19);1H. The van der Waals surface area contributed by atoms with Crippen LogP contribution in [0.15, 0.2) is 4.99 Å². The molecule has 5 nitrogen and oxygen atoms in total. The number of halogens is 1. The first kappa shape index (κ1) is 21.9. The first-order valence-corrected chi connectivity index (χ1v) is 8.33. The van der Waals surface area contributed by atoms with E-state index < -0.39 is 0 Å². The lowest BCUT2D eigenvalue weighted by molar-refractivity contribution is 0.113. The molecule has 1 heterocycles. The maximum atomic E-state index is 5.64. The topological polar surface area (TPSA) is 48.9 Å². The predicted octanol–water partition coefficient (Wildman–Crippen LogP) is 2.31. The molecule has 0 spiro atoms. The smallest absolute Gasteiger partial charge is 0.191 e. The highest BCUT2D eigenvalue weighted by atomic mass is 127. The molecule has 132 valence electrons. The normalized spacial score (nSPS) is 20.1. The van der Waals surface area contributed by atoms with Crippen molar-refractivity contribution in [3.05, 3.63) is 0 Å². The molecule has 1 aliphatic rings. The van der Waals surface area contributed by atoms with E-state index in [1.807, 2.05) is 0 Å². The molecule has 22 heavy (non-hydrogen) atoms. The van der Waals surface area contributed by atoms with Gasteiger partial charge in [-0.25, -0.2) is 0 Å². The van der Waals surface area contributed by atoms with Gasteiger partial charge in [0.1, 0.15) is 0 Å². The fourth-order valence-electron chi connectivity index (χ4n) is 2.55. The average Bonchev–Trinajstić information content (AvgIpc) is 2.92. The summed E-state index contributed by atoms with van der Waals surface area (Å²) < 4.78 is 5.64. The van der Waals surface area contributed by atoms with Crippen molar-refractivity contribution in [2.45, 2.75) is 52.2 Å². The van der Waals surface area contributed by atoms with Crippen LogP contribution in [0.3, 0.4) is 0 Å². The van der Waals surface area contributed by atoms with Crippen LogP contribution in [0.5, 0.6) is 0 Å². The number of nitrogens with one attached hydrogen (secondary N) is 2. The Morgan fingerprint density at radius 3 is 2.55 bits per heavy atom. The van der Waals surface area contributed by atoms with Crippen molar-refractivity contribution in [2.75, 3.05) is 40.3 Å². The van der Waals surface area contributed by atoms with E-state index in [2.05, 4.69) is 50.4 Å². The van der Waals surface area contributed by atoms with Crippen LogP contribution in [0.25, 0.3) is 0 Å². The monoisotopic (exact) mass is 426 g/mol. The second kappa shape index (κ2) is 12.4. The van der Waals surface area contributed by atoms with Gasteiger partial charge in [-0.2, -0.15) is 0 Å². The van der Waals surface area contributed by atoms with E-state index in [0.29, 0.717) is 18.1 Å². The maximum Gasteiger partial charge on any atom is 0.191 e. The third-order valence-electron chi connectivity index (χ3n) is 3.80. The summed E-state index contributed by atoms with van der Waals surface area (Å²) >= 11 is 0. The van der Waals surface area contributed by atoms with Crippen LogP contribution in [0.4, 0.5) is 0 Å². The SMILES string of the molecule is CCNC(=NCC(CC(C)C)N(C)C)NCC1CCCO1.I. The molecule has 2 unspecified atom stereocenters. The summed E-state index contributed by atoms with van der Waals surface area (Å²) in [4.78, 5) is 7.02. The van der Waals surface area contributed by atoms with Gasteiger partial charge in [0.15, 0.2) is 5.96 Å². The van der Waals surface area contributed by atoms with Crippen molar-refractivity contribution in [1.29, 1.82) is 0 Å². The number of nitrogens with zero attached hydrogens (tertiary/aromatic N) is 2. The Balaban J connectivity index is 0.00000441. The lowest BCUT2D eigenvalue weighted by Crippen LogP contribution is -2.42. The first-order chi connectivity index (χ1) is 10.0. The molecule has 0 aromatic heterocycles. The molecule has 0 aromatic carbocycles. The minimum atomic E-state index is 0. The summed E-state index contributed by atoms with van der Waals surface area (Å²) in [7, 11) is 4.27. The molecule has 0 bridgehead atoms. The average molecular weight is 426 g/mol. The quantitative estimate of drug-likeness (QED) is 0.355. The van der Waals surface area contributed by atoms with E-state index in [1.54, 1.807) is 0 Å². The molecular weight excluding hydrogens is 391 g/mol. The van der Waals surface area contributed by atoms with E-state index in [4.69, 9.17) is 9.73 Å². The second-order valence-electron chi connectivity index (χ2n) is 6.48. The molecule has 0 aromatic rings. The van der Waals surface area contributed by atoms with Gasteiger partial charge in [0.05, 0.1) is 12.6 Å². The molecule has 0 aliphatic carbocycles. The van der Waals surface area contributed by atoms with Gasteiger partial charge in [-0.15, -0.1) is 24.0 Å². The molecule has 1 aliphatic heterocycles. The van der Waals surface area contributed by atoms with Gasteiger partial charge in [-0.05, 0) is 46.2 Å². The zero-order valence-electron chi connectivity index (χ0n) is 14.9. The third-order valence-corrected chi connectivity index (χ3v) is 3.80. The largest absolute Gasteiger partial charge is 0.376 e. The number of hydrogen-bond donors (Lipinski definition) is 2. The molecule has 0 amide bonds. The van der Waals surface area contributed by atoms with Gasteiger partial charge in [0, 0.05) is 25.7 Å². The number of aliphatic imine (C=N–C) groups is 1. The molecule has 2 N–H and O–H groups in total. The van der Waals surface area contributed by atoms with Gasteiger partial charge in [-0.3, -0.25) is 4.99 Å². The van der Waals surface area contributed by atoms with Crippen LogP contribution in [0.1, 0.15) is 40.0 Å². The summed E-state index contributed by atoms with van der Waals surface area (Å²) in [5.41, 5.74) is 0. The van der Waals surface area contributed by atoms with E-state index >= 15 is 0 Å².